The first kappa shape index (κ1) is 14.7. The monoisotopic (exact) mass is 249 g/mol. The number of hydrogen-bond acceptors (Lipinski definition) is 2. The summed E-state index contributed by atoms with van der Waals surface area (Å²) in [6.07, 6.45) is 2.24. The van der Waals surface area contributed by atoms with Gasteiger partial charge in [-0.2, -0.15) is 0 Å². The maximum atomic E-state index is 11.0. The summed E-state index contributed by atoms with van der Waals surface area (Å²) in [7, 11) is 1.85. The predicted octanol–water partition coefficient (Wildman–Crippen LogP) is 3.11. The standard InChI is InChI=1S/C15H23NO2/c1-5-6-13-7-9-14(10-8-13)11(2)16(4)12(3)15(17)18/h7-12H,5-6H2,1-4H3,(H,17,18). The Bertz CT molecular complexity index is 386. The van der Waals surface area contributed by atoms with Gasteiger partial charge in [0.1, 0.15) is 6.04 Å². The lowest BCUT2D eigenvalue weighted by atomic mass is 10.0. The number of benzene rings is 1. The van der Waals surface area contributed by atoms with Crippen molar-refractivity contribution in [1.29, 1.82) is 0 Å². The van der Waals surface area contributed by atoms with E-state index in [1.807, 2.05) is 18.9 Å². The molecular formula is C15H23NO2. The highest BCUT2D eigenvalue weighted by Gasteiger charge is 2.22. The lowest BCUT2D eigenvalue weighted by Crippen LogP contribution is -2.37. The fourth-order valence-corrected chi connectivity index (χ4v) is 2.00. The van der Waals surface area contributed by atoms with E-state index >= 15 is 0 Å². The SMILES string of the molecule is CCCc1ccc(C(C)N(C)C(C)C(=O)O)cc1. The second-order valence-electron chi connectivity index (χ2n) is 4.85. The first-order chi connectivity index (χ1) is 8.47. The zero-order chi connectivity index (χ0) is 13.7. The van der Waals surface area contributed by atoms with E-state index in [1.54, 1.807) is 6.92 Å². The van der Waals surface area contributed by atoms with E-state index in [4.69, 9.17) is 5.11 Å². The summed E-state index contributed by atoms with van der Waals surface area (Å²) in [6.45, 7) is 5.91. The average Bonchev–Trinajstić information content (AvgIpc) is 2.37. The molecule has 0 heterocycles. The van der Waals surface area contributed by atoms with Gasteiger partial charge < -0.3 is 5.11 Å². The van der Waals surface area contributed by atoms with Crippen molar-refractivity contribution in [1.82, 2.24) is 4.90 Å². The molecule has 18 heavy (non-hydrogen) atoms. The van der Waals surface area contributed by atoms with Crippen molar-refractivity contribution in [2.24, 2.45) is 0 Å². The average molecular weight is 249 g/mol. The normalized spacial score (nSPS) is 14.5. The van der Waals surface area contributed by atoms with E-state index in [0.717, 1.165) is 18.4 Å². The van der Waals surface area contributed by atoms with Gasteiger partial charge in [-0.15, -0.1) is 0 Å². The van der Waals surface area contributed by atoms with Crippen LogP contribution in [0.15, 0.2) is 24.3 Å². The smallest absolute Gasteiger partial charge is 0.320 e. The highest BCUT2D eigenvalue weighted by atomic mass is 16.4. The molecule has 1 aromatic carbocycles. The molecule has 1 aromatic rings. The molecule has 3 heteroatoms. The van der Waals surface area contributed by atoms with Crippen LogP contribution in [0.1, 0.15) is 44.4 Å². The van der Waals surface area contributed by atoms with Crippen molar-refractivity contribution >= 4 is 5.97 Å². The summed E-state index contributed by atoms with van der Waals surface area (Å²) >= 11 is 0. The lowest BCUT2D eigenvalue weighted by Gasteiger charge is -2.28. The van der Waals surface area contributed by atoms with Crippen LogP contribution in [0.4, 0.5) is 0 Å². The van der Waals surface area contributed by atoms with E-state index < -0.39 is 12.0 Å². The van der Waals surface area contributed by atoms with Gasteiger partial charge in [-0.25, -0.2) is 0 Å². The summed E-state index contributed by atoms with van der Waals surface area (Å²) in [5.74, 6) is -0.785. The van der Waals surface area contributed by atoms with Crippen molar-refractivity contribution in [2.75, 3.05) is 7.05 Å². The van der Waals surface area contributed by atoms with Crippen LogP contribution in [0.3, 0.4) is 0 Å². The van der Waals surface area contributed by atoms with Crippen molar-refractivity contribution in [2.45, 2.75) is 45.7 Å². The van der Waals surface area contributed by atoms with E-state index in [-0.39, 0.29) is 6.04 Å². The Labute approximate surface area is 109 Å². The first-order valence-corrected chi connectivity index (χ1v) is 6.51. The van der Waals surface area contributed by atoms with Crippen molar-refractivity contribution < 1.29 is 9.90 Å². The van der Waals surface area contributed by atoms with E-state index in [0.29, 0.717) is 0 Å². The van der Waals surface area contributed by atoms with Crippen LogP contribution in [0.25, 0.3) is 0 Å². The van der Waals surface area contributed by atoms with Crippen LogP contribution in [0.2, 0.25) is 0 Å². The third-order valence-electron chi connectivity index (χ3n) is 3.58. The van der Waals surface area contributed by atoms with E-state index in [1.165, 1.54) is 5.56 Å². The maximum Gasteiger partial charge on any atom is 0.320 e. The lowest BCUT2D eigenvalue weighted by molar-refractivity contribution is -0.142. The number of carboxylic acid groups (broad SMARTS) is 1. The highest BCUT2D eigenvalue weighted by molar-refractivity contribution is 5.72. The van der Waals surface area contributed by atoms with Crippen LogP contribution in [0.5, 0.6) is 0 Å². The topological polar surface area (TPSA) is 40.5 Å². The number of carbonyl (C=O) groups is 1. The molecule has 2 unspecified atom stereocenters. The highest BCUT2D eigenvalue weighted by Crippen LogP contribution is 2.21. The predicted molar refractivity (Wildman–Crippen MR) is 73.7 cm³/mol. The van der Waals surface area contributed by atoms with Gasteiger partial charge in [0.25, 0.3) is 0 Å². The molecule has 0 bridgehead atoms. The second kappa shape index (κ2) is 6.55. The molecule has 0 aliphatic rings. The summed E-state index contributed by atoms with van der Waals surface area (Å²) in [5.41, 5.74) is 2.49. The second-order valence-corrected chi connectivity index (χ2v) is 4.85. The number of carboxylic acids is 1. The van der Waals surface area contributed by atoms with Crippen molar-refractivity contribution in [3.8, 4) is 0 Å². The van der Waals surface area contributed by atoms with Crippen LogP contribution in [-0.2, 0) is 11.2 Å². The molecule has 0 aliphatic heterocycles. The minimum absolute atomic E-state index is 0.103. The minimum atomic E-state index is -0.785. The molecule has 1 rings (SSSR count). The number of hydrogen-bond donors (Lipinski definition) is 1. The van der Waals surface area contributed by atoms with Gasteiger partial charge in [0.15, 0.2) is 0 Å². The fourth-order valence-electron chi connectivity index (χ4n) is 2.00. The summed E-state index contributed by atoms with van der Waals surface area (Å²) in [6, 6.07) is 8.09. The Morgan fingerprint density at radius 2 is 1.83 bits per heavy atom. The molecule has 1 N–H and O–H groups in total. The molecule has 0 radical (unpaired) electrons. The summed E-state index contributed by atoms with van der Waals surface area (Å²) in [5, 5.41) is 9.02. The molecule has 3 nitrogen and oxygen atoms in total. The number of aryl methyl sites for hydroxylation is 1. The quantitative estimate of drug-likeness (QED) is 0.842. The fraction of sp³-hybridized carbons (Fsp3) is 0.533. The zero-order valence-corrected chi connectivity index (χ0v) is 11.7. The largest absolute Gasteiger partial charge is 0.480 e. The first-order valence-electron chi connectivity index (χ1n) is 6.51. The van der Waals surface area contributed by atoms with Gasteiger partial charge in [-0.05, 0) is 38.4 Å². The Kier molecular flexibility index (Phi) is 5.35. The van der Waals surface area contributed by atoms with E-state index in [2.05, 4.69) is 31.2 Å². The van der Waals surface area contributed by atoms with Crippen LogP contribution in [-0.4, -0.2) is 29.1 Å². The molecule has 0 aromatic heterocycles. The van der Waals surface area contributed by atoms with Gasteiger partial charge in [0, 0.05) is 6.04 Å². The number of aliphatic carboxylic acids is 1. The molecule has 0 spiro atoms. The van der Waals surface area contributed by atoms with Gasteiger partial charge >= 0.3 is 5.97 Å². The third kappa shape index (κ3) is 3.57. The molecule has 0 amide bonds. The molecule has 0 aliphatic carbocycles. The Morgan fingerprint density at radius 1 is 1.28 bits per heavy atom. The molecule has 100 valence electrons. The van der Waals surface area contributed by atoms with Gasteiger partial charge in [0.05, 0.1) is 0 Å². The van der Waals surface area contributed by atoms with Gasteiger partial charge in [-0.3, -0.25) is 9.69 Å². The summed E-state index contributed by atoms with van der Waals surface area (Å²) < 4.78 is 0. The Balaban J connectivity index is 2.77. The Hall–Kier alpha value is -1.35. The molecule has 0 saturated heterocycles. The van der Waals surface area contributed by atoms with Gasteiger partial charge in [0.2, 0.25) is 0 Å². The van der Waals surface area contributed by atoms with E-state index in [9.17, 15) is 4.79 Å². The molecule has 2 atom stereocenters. The number of likely N-dealkylation sites (N-methyl/N-ethyl adjacent to an activating group) is 1. The molecule has 0 saturated carbocycles. The van der Waals surface area contributed by atoms with Crippen LogP contribution < -0.4 is 0 Å². The Morgan fingerprint density at radius 3 is 2.28 bits per heavy atom. The van der Waals surface area contributed by atoms with Crippen molar-refractivity contribution in [3.05, 3.63) is 35.4 Å². The van der Waals surface area contributed by atoms with Crippen LogP contribution in [0, 0.1) is 0 Å². The summed E-state index contributed by atoms with van der Waals surface area (Å²) in [4.78, 5) is 12.8. The molecule has 0 fully saturated rings. The zero-order valence-electron chi connectivity index (χ0n) is 11.7. The van der Waals surface area contributed by atoms with Crippen molar-refractivity contribution in [3.63, 3.8) is 0 Å². The minimum Gasteiger partial charge on any atom is -0.480 e. The van der Waals surface area contributed by atoms with Crippen LogP contribution >= 0.6 is 0 Å². The maximum absolute atomic E-state index is 11.0. The third-order valence-corrected chi connectivity index (χ3v) is 3.58. The number of rotatable bonds is 6. The number of nitrogens with zero attached hydrogens (tertiary/aromatic N) is 1. The molecular weight excluding hydrogens is 226 g/mol. The van der Waals surface area contributed by atoms with Gasteiger partial charge in [-0.1, -0.05) is 37.6 Å².